The van der Waals surface area contributed by atoms with Gasteiger partial charge in [-0.3, -0.25) is 38.4 Å². The number of aliphatic carboxylic acids is 2. The molecule has 10 atom stereocenters. The average molecular weight is 837 g/mol. The van der Waals surface area contributed by atoms with Crippen LogP contribution in [-0.2, 0) is 49.6 Å². The van der Waals surface area contributed by atoms with Gasteiger partial charge in [0.05, 0.1) is 18.6 Å². The highest BCUT2D eigenvalue weighted by atomic mass is 16.4. The largest absolute Gasteiger partial charge is 0.508 e. The number of hydrogen-bond acceptors (Lipinski definition) is 13. The quantitative estimate of drug-likeness (QED) is 0.0505. The van der Waals surface area contributed by atoms with Crippen LogP contribution in [0.5, 0.6) is 5.75 Å². The zero-order valence-electron chi connectivity index (χ0n) is 33.3. The fraction of sp³-hybridized carbons (Fsp3) is 0.595. The minimum absolute atomic E-state index is 0.134. The number of aliphatic hydroxyl groups excluding tert-OH is 2. The normalized spacial score (nSPS) is 18.3. The molecule has 0 bridgehead atoms. The van der Waals surface area contributed by atoms with Crippen molar-refractivity contribution in [2.24, 2.45) is 17.4 Å². The van der Waals surface area contributed by atoms with Gasteiger partial charge in [-0.25, -0.2) is 4.79 Å². The second kappa shape index (κ2) is 22.9. The third-order valence-corrected chi connectivity index (χ3v) is 9.82. The van der Waals surface area contributed by atoms with E-state index in [-0.39, 0.29) is 25.1 Å². The maximum absolute atomic E-state index is 13.8. The van der Waals surface area contributed by atoms with Crippen LogP contribution in [0.1, 0.15) is 71.8 Å². The third-order valence-electron chi connectivity index (χ3n) is 9.82. The third kappa shape index (κ3) is 15.1. The van der Waals surface area contributed by atoms with E-state index in [0.29, 0.717) is 18.4 Å². The highest BCUT2D eigenvalue weighted by Crippen LogP contribution is 2.20. The number of amides is 7. The Balaban J connectivity index is 2.38. The van der Waals surface area contributed by atoms with Gasteiger partial charge in [0.1, 0.15) is 42.0 Å². The minimum Gasteiger partial charge on any atom is -0.508 e. The van der Waals surface area contributed by atoms with Gasteiger partial charge in [-0.2, -0.15) is 0 Å². The van der Waals surface area contributed by atoms with E-state index in [9.17, 15) is 68.7 Å². The molecule has 0 radical (unpaired) electrons. The lowest BCUT2D eigenvalue weighted by Crippen LogP contribution is -2.61. The predicted molar refractivity (Wildman–Crippen MR) is 205 cm³/mol. The number of carboxylic acids is 2. The van der Waals surface area contributed by atoms with Crippen LogP contribution in [0.25, 0.3) is 0 Å². The van der Waals surface area contributed by atoms with Crippen LogP contribution in [0.3, 0.4) is 0 Å². The van der Waals surface area contributed by atoms with E-state index < -0.39 is 133 Å². The van der Waals surface area contributed by atoms with Crippen molar-refractivity contribution in [1.29, 1.82) is 0 Å². The molecule has 0 saturated carbocycles. The number of benzene rings is 1. The van der Waals surface area contributed by atoms with Gasteiger partial charge >= 0.3 is 11.9 Å². The molecule has 0 spiro atoms. The fourth-order valence-corrected chi connectivity index (χ4v) is 6.12. The van der Waals surface area contributed by atoms with Gasteiger partial charge in [0, 0.05) is 19.4 Å². The Kier molecular flexibility index (Phi) is 19.1. The van der Waals surface area contributed by atoms with E-state index in [1.54, 1.807) is 13.8 Å². The highest BCUT2D eigenvalue weighted by molar-refractivity contribution is 5.98. The number of carboxylic acid groups (broad SMARTS) is 2. The zero-order chi connectivity index (χ0) is 44.7. The van der Waals surface area contributed by atoms with Gasteiger partial charge in [-0.05, 0) is 56.7 Å². The molecule has 59 heavy (non-hydrogen) atoms. The first-order chi connectivity index (χ1) is 27.6. The number of phenols is 1. The summed E-state index contributed by atoms with van der Waals surface area (Å²) in [5.41, 5.74) is 11.5. The van der Waals surface area contributed by atoms with Gasteiger partial charge in [0.25, 0.3) is 0 Å². The first kappa shape index (κ1) is 49.3. The van der Waals surface area contributed by atoms with Crippen molar-refractivity contribution in [2.45, 2.75) is 127 Å². The molecule has 328 valence electrons. The lowest BCUT2D eigenvalue weighted by molar-refractivity contribution is -0.145. The topological polar surface area (TPSA) is 370 Å². The summed E-state index contributed by atoms with van der Waals surface area (Å²) in [6, 6.07) is -5.34. The number of likely N-dealkylation sites (tertiary alicyclic amines) is 1. The van der Waals surface area contributed by atoms with Crippen molar-refractivity contribution in [3.8, 4) is 5.75 Å². The van der Waals surface area contributed by atoms with Crippen molar-refractivity contribution in [3.05, 3.63) is 29.8 Å². The Hall–Kier alpha value is -5.87. The monoisotopic (exact) mass is 836 g/mol. The summed E-state index contributed by atoms with van der Waals surface area (Å²) in [6.07, 6.45) is -4.10. The summed E-state index contributed by atoms with van der Waals surface area (Å²) < 4.78 is 0. The summed E-state index contributed by atoms with van der Waals surface area (Å²) in [5, 5.41) is 60.2. The molecule has 1 fully saturated rings. The van der Waals surface area contributed by atoms with E-state index in [1.807, 2.05) is 0 Å². The summed E-state index contributed by atoms with van der Waals surface area (Å²) in [4.78, 5) is 118. The van der Waals surface area contributed by atoms with Crippen LogP contribution in [0.4, 0.5) is 0 Å². The molecule has 1 aliphatic heterocycles. The second-order valence-corrected chi connectivity index (χ2v) is 14.5. The molecule has 14 N–H and O–H groups in total. The number of rotatable bonds is 23. The number of hydrogen-bond donors (Lipinski definition) is 12. The van der Waals surface area contributed by atoms with Crippen LogP contribution in [0, 0.1) is 5.92 Å². The molecule has 0 aromatic heterocycles. The number of carbonyl (C=O) groups is 9. The Morgan fingerprint density at radius 2 is 1.34 bits per heavy atom. The van der Waals surface area contributed by atoms with Crippen LogP contribution in [0.15, 0.2) is 24.3 Å². The van der Waals surface area contributed by atoms with Crippen molar-refractivity contribution in [3.63, 3.8) is 0 Å². The highest BCUT2D eigenvalue weighted by Gasteiger charge is 2.40. The molecule has 0 unspecified atom stereocenters. The zero-order valence-corrected chi connectivity index (χ0v) is 33.3. The molecule has 1 aromatic rings. The number of primary amides is 1. The Bertz CT molecular complexity index is 1690. The Morgan fingerprint density at radius 3 is 1.86 bits per heavy atom. The van der Waals surface area contributed by atoms with E-state index in [2.05, 4.69) is 26.6 Å². The molecule has 1 saturated heterocycles. The van der Waals surface area contributed by atoms with E-state index in [0.717, 1.165) is 6.92 Å². The Morgan fingerprint density at radius 1 is 0.780 bits per heavy atom. The lowest BCUT2D eigenvalue weighted by Gasteiger charge is -2.31. The second-order valence-electron chi connectivity index (χ2n) is 14.5. The van der Waals surface area contributed by atoms with E-state index >= 15 is 0 Å². The van der Waals surface area contributed by atoms with Gasteiger partial charge in [0.2, 0.25) is 41.4 Å². The number of phenolic OH excluding ortho intramolecular Hbond substituents is 1. The van der Waals surface area contributed by atoms with E-state index in [4.69, 9.17) is 11.5 Å². The summed E-state index contributed by atoms with van der Waals surface area (Å²) >= 11 is 0. The summed E-state index contributed by atoms with van der Waals surface area (Å²) in [6.45, 7) is 5.94. The molecule has 22 heteroatoms. The first-order valence-electron chi connectivity index (χ1n) is 19.0. The predicted octanol–water partition coefficient (Wildman–Crippen LogP) is -3.69. The molecule has 1 heterocycles. The number of nitrogens with zero attached hydrogens (tertiary/aromatic N) is 1. The SMILES string of the molecule is CC[C@H](C)[C@H](NC(=O)[C@@H]1CCCN1C(=O)[C@@H](N)[C@@H](C)O)C(=O)N[C@@H](CCC(N)=O)C(=O)N[C@@H](CC(=O)O)C(=O)N[C@@H](Cc1ccc(O)cc1)C(=O)N[C@H](C(=O)O)[C@@H](C)O. The number of nitrogens with one attached hydrogen (secondary N) is 5. The number of aliphatic hydroxyl groups is 2. The van der Waals surface area contributed by atoms with Gasteiger partial charge in [-0.1, -0.05) is 32.4 Å². The minimum atomic E-state index is -1.93. The maximum Gasteiger partial charge on any atom is 0.328 e. The fourth-order valence-electron chi connectivity index (χ4n) is 6.12. The molecular formula is C37H56N8O14. The molecule has 22 nitrogen and oxygen atoms in total. The molecule has 1 aliphatic rings. The summed E-state index contributed by atoms with van der Waals surface area (Å²) in [7, 11) is 0. The van der Waals surface area contributed by atoms with Crippen molar-refractivity contribution in [1.82, 2.24) is 31.5 Å². The van der Waals surface area contributed by atoms with Crippen molar-refractivity contribution in [2.75, 3.05) is 6.54 Å². The molecule has 7 amide bonds. The van der Waals surface area contributed by atoms with Gasteiger partial charge in [0.15, 0.2) is 6.04 Å². The lowest BCUT2D eigenvalue weighted by atomic mass is 9.96. The molecule has 0 aliphatic carbocycles. The van der Waals surface area contributed by atoms with Crippen LogP contribution in [0.2, 0.25) is 0 Å². The average Bonchev–Trinajstić information content (AvgIpc) is 3.66. The van der Waals surface area contributed by atoms with Crippen LogP contribution >= 0.6 is 0 Å². The number of carbonyl (C=O) groups excluding carboxylic acids is 7. The van der Waals surface area contributed by atoms with Gasteiger partial charge in [-0.15, -0.1) is 0 Å². The number of aromatic hydroxyl groups is 1. The maximum atomic E-state index is 13.8. The van der Waals surface area contributed by atoms with Crippen LogP contribution < -0.4 is 38.1 Å². The molecule has 2 rings (SSSR count). The molecular weight excluding hydrogens is 780 g/mol. The summed E-state index contributed by atoms with van der Waals surface area (Å²) in [5.74, 6) is -10.6. The van der Waals surface area contributed by atoms with Crippen molar-refractivity contribution < 1.29 is 68.7 Å². The van der Waals surface area contributed by atoms with Crippen molar-refractivity contribution >= 4 is 53.3 Å². The van der Waals surface area contributed by atoms with Gasteiger partial charge < -0.3 is 68.5 Å². The Labute approximate surface area is 339 Å². The standard InChI is InChI=1S/C37H56N8O14/c1-5-17(2)29(43-34(55)25-7-6-14-45(25)36(57)28(39)18(3)46)35(56)40-22(12-13-26(38)49)31(52)42-24(16-27(50)51)32(53)41-23(15-20-8-10-21(48)11-9-20)33(54)44-30(19(4)47)37(58)59/h8-11,17-19,22-25,28-30,46-48H,5-7,12-16,39H2,1-4H3,(H2,38,49)(H,40,56)(H,41,53)(H,42,52)(H,43,55)(H,44,54)(H,50,51)(H,58,59)/t17-,18+,19+,22-,23-,24-,25-,28-,29-,30-/m0/s1. The molecule has 1 aromatic carbocycles. The van der Waals surface area contributed by atoms with E-state index in [1.165, 1.54) is 36.1 Å². The first-order valence-corrected chi connectivity index (χ1v) is 19.0. The smallest absolute Gasteiger partial charge is 0.328 e. The number of nitrogens with two attached hydrogens (primary N) is 2. The van der Waals surface area contributed by atoms with Crippen LogP contribution in [-0.4, -0.2) is 145 Å².